The molecule has 1 N–H and O–H groups in total. The third-order valence-corrected chi connectivity index (χ3v) is 6.65. The molecule has 3 amide bonds. The summed E-state index contributed by atoms with van der Waals surface area (Å²) >= 11 is 1.88. The molecule has 3 rings (SSSR count). The van der Waals surface area contributed by atoms with Crippen molar-refractivity contribution in [1.29, 1.82) is 0 Å². The molecular formula is C19H21N3O6S2. The van der Waals surface area contributed by atoms with Gasteiger partial charge in [0, 0.05) is 24.9 Å². The highest BCUT2D eigenvalue weighted by Crippen LogP contribution is 2.35. The predicted molar refractivity (Wildman–Crippen MR) is 114 cm³/mol. The van der Waals surface area contributed by atoms with Crippen LogP contribution in [0.4, 0.5) is 10.5 Å². The summed E-state index contributed by atoms with van der Waals surface area (Å²) in [7, 11) is 0. The van der Waals surface area contributed by atoms with Crippen LogP contribution in [0.2, 0.25) is 0 Å². The van der Waals surface area contributed by atoms with Gasteiger partial charge in [-0.3, -0.25) is 29.4 Å². The molecule has 2 aliphatic rings. The number of hydrogen-bond acceptors (Lipinski definition) is 8. The van der Waals surface area contributed by atoms with E-state index in [-0.39, 0.29) is 29.7 Å². The molecule has 0 unspecified atom stereocenters. The molecule has 0 aliphatic carbocycles. The molecule has 2 aliphatic heterocycles. The monoisotopic (exact) mass is 451 g/mol. The van der Waals surface area contributed by atoms with Crippen molar-refractivity contribution in [1.82, 2.24) is 9.80 Å². The van der Waals surface area contributed by atoms with E-state index >= 15 is 0 Å². The Morgan fingerprint density at radius 3 is 2.67 bits per heavy atom. The molecule has 2 saturated heterocycles. The van der Waals surface area contributed by atoms with Crippen molar-refractivity contribution in [3.05, 3.63) is 38.8 Å². The van der Waals surface area contributed by atoms with E-state index < -0.39 is 16.1 Å². The highest BCUT2D eigenvalue weighted by molar-refractivity contribution is 8.18. The van der Waals surface area contributed by atoms with Crippen LogP contribution in [0.15, 0.2) is 28.0 Å². The number of nitro groups is 1. The van der Waals surface area contributed by atoms with Gasteiger partial charge in [-0.05, 0) is 48.7 Å². The molecule has 1 aromatic rings. The molecule has 1 aromatic carbocycles. The molecule has 0 saturated carbocycles. The van der Waals surface area contributed by atoms with Crippen molar-refractivity contribution in [3.8, 4) is 0 Å². The van der Waals surface area contributed by atoms with Gasteiger partial charge in [0.05, 0.1) is 21.3 Å². The van der Waals surface area contributed by atoms with Crippen molar-refractivity contribution in [3.63, 3.8) is 0 Å². The fourth-order valence-electron chi connectivity index (χ4n) is 3.21. The molecule has 160 valence electrons. The first-order valence-electron chi connectivity index (χ1n) is 9.46. The standard InChI is InChI=1S/C19H21N3O6S2/c23-8-9-29-15-5-4-13(10-14(15)22(27)28)11-16-18(25)21(19(26)30-16)12-17(24)20-6-2-1-3-7-20/h4-5,10-11,23H,1-3,6-9,12H2/b16-11+. The quantitative estimate of drug-likeness (QED) is 0.291. The van der Waals surface area contributed by atoms with Crippen LogP contribution < -0.4 is 0 Å². The first-order chi connectivity index (χ1) is 14.4. The van der Waals surface area contributed by atoms with Gasteiger partial charge in [0.25, 0.3) is 16.8 Å². The molecular weight excluding hydrogens is 430 g/mol. The lowest BCUT2D eigenvalue weighted by Crippen LogP contribution is -2.44. The second-order valence-electron chi connectivity index (χ2n) is 6.77. The molecule has 0 spiro atoms. The maximum Gasteiger partial charge on any atom is 0.294 e. The van der Waals surface area contributed by atoms with Crippen molar-refractivity contribution in [2.45, 2.75) is 24.2 Å². The smallest absolute Gasteiger partial charge is 0.294 e. The number of piperidine rings is 1. The van der Waals surface area contributed by atoms with Gasteiger partial charge >= 0.3 is 0 Å². The molecule has 0 radical (unpaired) electrons. The van der Waals surface area contributed by atoms with E-state index in [1.165, 1.54) is 12.1 Å². The van der Waals surface area contributed by atoms with Crippen molar-refractivity contribution >= 4 is 52.3 Å². The third-order valence-electron chi connectivity index (χ3n) is 4.70. The van der Waals surface area contributed by atoms with Crippen LogP contribution in [0.25, 0.3) is 6.08 Å². The number of nitrogens with zero attached hydrogens (tertiary/aromatic N) is 3. The van der Waals surface area contributed by atoms with Crippen molar-refractivity contribution < 1.29 is 24.4 Å². The lowest BCUT2D eigenvalue weighted by atomic mass is 10.1. The Hall–Kier alpha value is -2.37. The van der Waals surface area contributed by atoms with Gasteiger partial charge in [-0.25, -0.2) is 0 Å². The Balaban J connectivity index is 1.75. The molecule has 0 aromatic heterocycles. The number of amides is 3. The van der Waals surface area contributed by atoms with Crippen molar-refractivity contribution in [2.24, 2.45) is 0 Å². The normalized spacial score (nSPS) is 18.4. The Labute approximate surface area is 181 Å². The lowest BCUT2D eigenvalue weighted by molar-refractivity contribution is -0.387. The van der Waals surface area contributed by atoms with E-state index in [1.54, 1.807) is 17.0 Å². The molecule has 30 heavy (non-hydrogen) atoms. The summed E-state index contributed by atoms with van der Waals surface area (Å²) < 4.78 is 0. The van der Waals surface area contributed by atoms with Crippen molar-refractivity contribution in [2.75, 3.05) is 32.0 Å². The molecule has 2 fully saturated rings. The highest BCUT2D eigenvalue weighted by atomic mass is 32.2. The number of thioether (sulfide) groups is 2. The molecule has 9 nitrogen and oxygen atoms in total. The number of imide groups is 1. The SMILES string of the molecule is O=C(CN1C(=O)S/C(=C/c2ccc(SCCO)c([N+](=O)[O-])c2)C1=O)N1CCCCC1. The summed E-state index contributed by atoms with van der Waals surface area (Å²) in [4.78, 5) is 51.3. The highest BCUT2D eigenvalue weighted by Gasteiger charge is 2.37. The summed E-state index contributed by atoms with van der Waals surface area (Å²) in [6.07, 6.45) is 4.32. The zero-order valence-electron chi connectivity index (χ0n) is 16.1. The largest absolute Gasteiger partial charge is 0.396 e. The fourth-order valence-corrected chi connectivity index (χ4v) is 4.81. The number of likely N-dealkylation sites (tertiary alicyclic amines) is 1. The molecule has 11 heteroatoms. The number of carbonyl (C=O) groups excluding carboxylic acids is 3. The zero-order valence-corrected chi connectivity index (χ0v) is 17.7. The average molecular weight is 452 g/mol. The number of rotatable bonds is 7. The molecule has 2 heterocycles. The maximum atomic E-state index is 12.6. The third kappa shape index (κ3) is 5.21. The van der Waals surface area contributed by atoms with Gasteiger partial charge < -0.3 is 10.0 Å². The topological polar surface area (TPSA) is 121 Å². The maximum absolute atomic E-state index is 12.6. The van der Waals surface area contributed by atoms with E-state index in [0.717, 1.165) is 47.7 Å². The first-order valence-corrected chi connectivity index (χ1v) is 11.3. The van der Waals surface area contributed by atoms with Gasteiger partial charge in [0.2, 0.25) is 5.91 Å². The second-order valence-corrected chi connectivity index (χ2v) is 8.90. The van der Waals surface area contributed by atoms with Gasteiger partial charge in [-0.2, -0.15) is 0 Å². The minimum Gasteiger partial charge on any atom is -0.396 e. The summed E-state index contributed by atoms with van der Waals surface area (Å²) in [5.41, 5.74) is 0.268. The van der Waals surface area contributed by atoms with Gasteiger partial charge in [0.15, 0.2) is 0 Å². The zero-order chi connectivity index (χ0) is 21.7. The first kappa shape index (κ1) is 22.3. The fraction of sp³-hybridized carbons (Fsp3) is 0.421. The van der Waals surface area contributed by atoms with Crippen LogP contribution in [-0.4, -0.2) is 68.9 Å². The number of aliphatic hydroxyl groups excluding tert-OH is 1. The summed E-state index contributed by atoms with van der Waals surface area (Å²) in [5.74, 6) is -0.500. The minimum atomic E-state index is -0.572. The Morgan fingerprint density at radius 1 is 1.27 bits per heavy atom. The van der Waals surface area contributed by atoms with Crippen LogP contribution >= 0.6 is 23.5 Å². The molecule has 0 atom stereocenters. The van der Waals surface area contributed by atoms with E-state index in [0.29, 0.717) is 29.3 Å². The van der Waals surface area contributed by atoms with Crippen LogP contribution in [0.3, 0.4) is 0 Å². The van der Waals surface area contributed by atoms with Gasteiger partial charge in [-0.15, -0.1) is 11.8 Å². The Morgan fingerprint density at radius 2 is 2.00 bits per heavy atom. The van der Waals surface area contributed by atoms with Gasteiger partial charge in [-0.1, -0.05) is 6.07 Å². The summed E-state index contributed by atoms with van der Waals surface area (Å²) in [6.45, 7) is 0.871. The van der Waals surface area contributed by atoms with E-state index in [2.05, 4.69) is 0 Å². The summed E-state index contributed by atoms with van der Waals surface area (Å²) in [6, 6.07) is 4.49. The lowest BCUT2D eigenvalue weighted by Gasteiger charge is -2.27. The van der Waals surface area contributed by atoms with E-state index in [9.17, 15) is 24.5 Å². The number of carbonyl (C=O) groups is 3. The number of benzene rings is 1. The van der Waals surface area contributed by atoms with E-state index in [4.69, 9.17) is 5.11 Å². The number of nitro benzene ring substituents is 1. The van der Waals surface area contributed by atoms with Crippen LogP contribution in [-0.2, 0) is 9.59 Å². The van der Waals surface area contributed by atoms with Gasteiger partial charge in [0.1, 0.15) is 6.54 Å². The number of aliphatic hydroxyl groups is 1. The Kier molecular flexibility index (Phi) is 7.51. The summed E-state index contributed by atoms with van der Waals surface area (Å²) in [5, 5.41) is 19.7. The predicted octanol–water partition coefficient (Wildman–Crippen LogP) is 2.73. The van der Waals surface area contributed by atoms with Crippen LogP contribution in [0.5, 0.6) is 0 Å². The van der Waals surface area contributed by atoms with Crippen LogP contribution in [0, 0.1) is 10.1 Å². The Bertz CT molecular complexity index is 898. The van der Waals surface area contributed by atoms with Crippen LogP contribution in [0.1, 0.15) is 24.8 Å². The minimum absolute atomic E-state index is 0.104. The average Bonchev–Trinajstić information content (AvgIpc) is 3.00. The number of hydrogen-bond donors (Lipinski definition) is 1. The van der Waals surface area contributed by atoms with E-state index in [1.807, 2.05) is 0 Å². The second kappa shape index (κ2) is 10.1. The molecule has 0 bridgehead atoms.